The minimum absolute atomic E-state index is 0.0850. The molecule has 0 aromatic carbocycles. The second-order valence-corrected chi connectivity index (χ2v) is 30.6. The summed E-state index contributed by atoms with van der Waals surface area (Å²) in [5.74, 6) is -0.641. The normalized spacial score (nSPS) is 14.2. The van der Waals surface area contributed by atoms with Gasteiger partial charge in [0.2, 0.25) is 0 Å². The molecule has 0 aliphatic heterocycles. The van der Waals surface area contributed by atoms with Gasteiger partial charge in [0.25, 0.3) is 0 Å². The molecule has 0 amide bonds. The molecular weight excluding hydrogens is 1250 g/mol. The molecule has 0 fully saturated rings. The van der Waals surface area contributed by atoms with Crippen LogP contribution in [0, 0.1) is 11.8 Å². The number of hydrogen-bond acceptors (Lipinski definition) is 15. The molecule has 0 spiro atoms. The smallest absolute Gasteiger partial charge is 0.462 e. The molecule has 0 bridgehead atoms. The van der Waals surface area contributed by atoms with E-state index in [1.54, 1.807) is 0 Å². The summed E-state index contributed by atoms with van der Waals surface area (Å²) >= 11 is 0. The zero-order chi connectivity index (χ0) is 70.0. The lowest BCUT2D eigenvalue weighted by molar-refractivity contribution is -0.161. The van der Waals surface area contributed by atoms with E-state index >= 15 is 0 Å². The van der Waals surface area contributed by atoms with E-state index in [2.05, 4.69) is 65.8 Å². The van der Waals surface area contributed by atoms with Crippen LogP contribution in [0.4, 0.5) is 0 Å². The number of unbranched alkanes of at least 4 members (excludes halogenated alkanes) is 40. The number of phosphoric ester groups is 2. The van der Waals surface area contributed by atoms with E-state index in [1.165, 1.54) is 173 Å². The predicted octanol–water partition coefficient (Wildman–Crippen LogP) is 21.9. The number of carbonyl (C=O) groups excluding carboxylic acids is 4. The molecule has 560 valence electrons. The molecule has 0 aliphatic carbocycles. The number of aliphatic hydroxyl groups excluding tert-OH is 1. The molecule has 17 nitrogen and oxygen atoms in total. The van der Waals surface area contributed by atoms with Gasteiger partial charge >= 0.3 is 39.5 Å². The SMILES string of the molecule is CCCCCC/C=C\C=C/CCCCCCCC(=O)O[C@H](COC(=O)CCCCCCCCCCCCCCC(C)C)COP(=O)(O)OC[C@@H](O)COP(=O)(O)OC[C@@H](COC(=O)CCCCCCCCCCC(C)C)OC(=O)CCCCCCCCCCCCCCCC. The van der Waals surface area contributed by atoms with Gasteiger partial charge in [-0.25, -0.2) is 9.13 Å². The van der Waals surface area contributed by atoms with Gasteiger partial charge in [-0.1, -0.05) is 316 Å². The minimum atomic E-state index is -4.97. The van der Waals surface area contributed by atoms with E-state index < -0.39 is 97.5 Å². The number of phosphoric acid groups is 2. The Morgan fingerprint density at radius 2 is 0.568 bits per heavy atom. The number of esters is 4. The molecule has 19 heteroatoms. The third-order valence-electron chi connectivity index (χ3n) is 17.1. The molecule has 0 saturated carbocycles. The quantitative estimate of drug-likeness (QED) is 0.0169. The molecule has 2 unspecified atom stereocenters. The van der Waals surface area contributed by atoms with Crippen molar-refractivity contribution in [2.75, 3.05) is 39.6 Å². The van der Waals surface area contributed by atoms with E-state index in [9.17, 15) is 43.2 Å². The van der Waals surface area contributed by atoms with Crippen LogP contribution in [-0.2, 0) is 65.4 Å². The summed E-state index contributed by atoms with van der Waals surface area (Å²) in [6.07, 6.45) is 57.6. The first kappa shape index (κ1) is 92.5. The second kappa shape index (κ2) is 67.4. The standard InChI is InChI=1S/C76H144O17P2/c1-7-9-11-13-15-17-19-21-23-25-31-35-43-49-55-61-76(81)92-71(64-86-73(78)58-52-46-40-33-29-27-26-28-32-38-44-50-56-68(3)4)66-90-94(82,83)88-62-70(77)63-89-95(84,85)91-67-72(65-87-74(79)59-53-47-41-37-36-39-45-51-57-69(5)6)93-75(80)60-54-48-42-34-30-24-22-20-18-16-14-12-10-8-2/h17,19,21,23,68-72,77H,7-16,18,20,22,24-67H2,1-6H3,(H,82,83)(H,84,85)/b19-17-,23-21-/t70-,71-,72-/m1/s1. The second-order valence-electron chi connectivity index (χ2n) is 27.7. The lowest BCUT2D eigenvalue weighted by atomic mass is 10.0. The molecule has 0 rings (SSSR count). The van der Waals surface area contributed by atoms with Gasteiger partial charge in [0.1, 0.15) is 19.3 Å². The van der Waals surface area contributed by atoms with Crippen molar-refractivity contribution in [1.82, 2.24) is 0 Å². The van der Waals surface area contributed by atoms with Crippen molar-refractivity contribution in [3.05, 3.63) is 24.3 Å². The number of rotatable bonds is 73. The molecule has 0 saturated heterocycles. The van der Waals surface area contributed by atoms with Crippen molar-refractivity contribution in [2.45, 2.75) is 387 Å². The molecule has 0 aromatic rings. The average Bonchev–Trinajstić information content (AvgIpc) is 1.50. The zero-order valence-electron chi connectivity index (χ0n) is 61.5. The van der Waals surface area contributed by atoms with Crippen molar-refractivity contribution >= 4 is 39.5 Å². The lowest BCUT2D eigenvalue weighted by Gasteiger charge is -2.21. The number of allylic oxidation sites excluding steroid dienone is 4. The monoisotopic (exact) mass is 1390 g/mol. The summed E-state index contributed by atoms with van der Waals surface area (Å²) < 4.78 is 68.5. The Hall–Kier alpha value is -2.46. The van der Waals surface area contributed by atoms with Crippen LogP contribution in [0.5, 0.6) is 0 Å². The van der Waals surface area contributed by atoms with E-state index in [0.717, 1.165) is 115 Å². The summed E-state index contributed by atoms with van der Waals surface area (Å²) in [5, 5.41) is 10.6. The van der Waals surface area contributed by atoms with Gasteiger partial charge in [-0.3, -0.25) is 37.3 Å². The van der Waals surface area contributed by atoms with Gasteiger partial charge in [-0.15, -0.1) is 0 Å². The third kappa shape index (κ3) is 69.8. The molecule has 3 N–H and O–H groups in total. The first-order chi connectivity index (χ1) is 45.9. The number of hydrogen-bond donors (Lipinski definition) is 3. The highest BCUT2D eigenvalue weighted by atomic mass is 31.2. The van der Waals surface area contributed by atoms with Crippen LogP contribution in [0.15, 0.2) is 24.3 Å². The Morgan fingerprint density at radius 3 is 0.863 bits per heavy atom. The summed E-state index contributed by atoms with van der Waals surface area (Å²) in [7, 11) is -9.92. The Balaban J connectivity index is 5.30. The topological polar surface area (TPSA) is 237 Å². The highest BCUT2D eigenvalue weighted by Gasteiger charge is 2.30. The van der Waals surface area contributed by atoms with Gasteiger partial charge in [-0.05, 0) is 63.2 Å². The van der Waals surface area contributed by atoms with Crippen molar-refractivity contribution in [2.24, 2.45) is 11.8 Å². The minimum Gasteiger partial charge on any atom is -0.462 e. The van der Waals surface area contributed by atoms with Crippen LogP contribution in [0.1, 0.15) is 369 Å². The number of aliphatic hydroxyl groups is 1. The Kier molecular flexibility index (Phi) is 65.6. The highest BCUT2D eigenvalue weighted by molar-refractivity contribution is 7.47. The number of carbonyl (C=O) groups is 4. The molecule has 0 radical (unpaired) electrons. The van der Waals surface area contributed by atoms with E-state index in [4.69, 9.17) is 37.0 Å². The van der Waals surface area contributed by atoms with E-state index in [0.29, 0.717) is 25.7 Å². The zero-order valence-corrected chi connectivity index (χ0v) is 63.2. The van der Waals surface area contributed by atoms with Crippen LogP contribution in [0.2, 0.25) is 0 Å². The fourth-order valence-corrected chi connectivity index (χ4v) is 12.7. The van der Waals surface area contributed by atoms with Gasteiger partial charge in [0.05, 0.1) is 26.4 Å². The predicted molar refractivity (Wildman–Crippen MR) is 386 cm³/mol. The van der Waals surface area contributed by atoms with Crippen LogP contribution in [0.25, 0.3) is 0 Å². The van der Waals surface area contributed by atoms with E-state index in [1.807, 2.05) is 0 Å². The fourth-order valence-electron chi connectivity index (χ4n) is 11.1. The molecule has 0 aliphatic rings. The summed E-state index contributed by atoms with van der Waals surface area (Å²) in [6.45, 7) is 9.51. The fraction of sp³-hybridized carbons (Fsp3) is 0.895. The maximum absolute atomic E-state index is 13.1. The maximum Gasteiger partial charge on any atom is 0.472 e. The van der Waals surface area contributed by atoms with Gasteiger partial charge < -0.3 is 33.8 Å². The molecule has 0 heterocycles. The largest absolute Gasteiger partial charge is 0.472 e. The van der Waals surface area contributed by atoms with Crippen molar-refractivity contribution in [1.29, 1.82) is 0 Å². The Bertz CT molecular complexity index is 1930. The van der Waals surface area contributed by atoms with Crippen LogP contribution < -0.4 is 0 Å². The summed E-state index contributed by atoms with van der Waals surface area (Å²) in [5.41, 5.74) is 0. The Labute approximate surface area is 580 Å². The van der Waals surface area contributed by atoms with Crippen LogP contribution in [0.3, 0.4) is 0 Å². The molecular formula is C76H144O17P2. The van der Waals surface area contributed by atoms with Crippen molar-refractivity contribution in [3.8, 4) is 0 Å². The van der Waals surface area contributed by atoms with Crippen molar-refractivity contribution in [3.63, 3.8) is 0 Å². The van der Waals surface area contributed by atoms with Crippen molar-refractivity contribution < 1.29 is 80.2 Å². The summed E-state index contributed by atoms with van der Waals surface area (Å²) in [6, 6.07) is 0. The van der Waals surface area contributed by atoms with Gasteiger partial charge in [0.15, 0.2) is 12.2 Å². The van der Waals surface area contributed by atoms with Crippen LogP contribution in [-0.4, -0.2) is 96.7 Å². The number of ether oxygens (including phenoxy) is 4. The van der Waals surface area contributed by atoms with Gasteiger partial charge in [0, 0.05) is 25.7 Å². The molecule has 0 aromatic heterocycles. The average molecular weight is 1390 g/mol. The summed E-state index contributed by atoms with van der Waals surface area (Å²) in [4.78, 5) is 72.8. The van der Waals surface area contributed by atoms with E-state index in [-0.39, 0.29) is 25.7 Å². The molecule has 5 atom stereocenters. The first-order valence-corrected chi connectivity index (χ1v) is 41.8. The van der Waals surface area contributed by atoms with Gasteiger partial charge in [-0.2, -0.15) is 0 Å². The molecule has 95 heavy (non-hydrogen) atoms. The first-order valence-electron chi connectivity index (χ1n) is 38.8. The lowest BCUT2D eigenvalue weighted by Crippen LogP contribution is -2.30. The maximum atomic E-state index is 13.1. The Morgan fingerprint density at radius 1 is 0.326 bits per heavy atom. The van der Waals surface area contributed by atoms with Crippen LogP contribution >= 0.6 is 15.6 Å². The highest BCUT2D eigenvalue weighted by Crippen LogP contribution is 2.45. The third-order valence-corrected chi connectivity index (χ3v) is 19.0.